The summed E-state index contributed by atoms with van der Waals surface area (Å²) in [6.45, 7) is 1.37. The van der Waals surface area contributed by atoms with Gasteiger partial charge in [-0.15, -0.1) is 0 Å². The number of ether oxygens (including phenoxy) is 2. The normalized spacial score (nSPS) is 12.0. The second-order valence-electron chi connectivity index (χ2n) is 4.71. The van der Waals surface area contributed by atoms with Crippen LogP contribution in [0.5, 0.6) is 5.75 Å². The Hall–Kier alpha value is -2.50. The zero-order chi connectivity index (χ0) is 15.4. The number of benzene rings is 1. The molecule has 1 atom stereocenters. The molecule has 0 saturated heterocycles. The molecule has 0 saturated carbocycles. The van der Waals surface area contributed by atoms with Gasteiger partial charge < -0.3 is 19.8 Å². The van der Waals surface area contributed by atoms with Gasteiger partial charge in [-0.05, 0) is 23.8 Å². The number of rotatable bonds is 5. The highest BCUT2D eigenvalue weighted by Crippen LogP contribution is 2.24. The molecule has 1 heterocycles. The molecule has 0 bridgehead atoms. The van der Waals surface area contributed by atoms with Gasteiger partial charge in [0.25, 0.3) is 0 Å². The van der Waals surface area contributed by atoms with E-state index in [1.54, 1.807) is 7.11 Å². The number of carbonyl (C=O) groups is 2. The molecule has 0 unspecified atom stereocenters. The Labute approximate surface area is 122 Å². The van der Waals surface area contributed by atoms with Gasteiger partial charge in [0, 0.05) is 30.4 Å². The van der Waals surface area contributed by atoms with Crippen LogP contribution in [-0.4, -0.2) is 37.1 Å². The van der Waals surface area contributed by atoms with Crippen LogP contribution in [-0.2, 0) is 20.7 Å². The number of aromatic nitrogens is 1. The molecule has 0 fully saturated rings. The predicted octanol–water partition coefficient (Wildman–Crippen LogP) is 1.40. The highest BCUT2D eigenvalue weighted by atomic mass is 16.5. The van der Waals surface area contributed by atoms with Crippen LogP contribution in [0.3, 0.4) is 0 Å². The lowest BCUT2D eigenvalue weighted by molar-refractivity contribution is -0.144. The number of hydrogen-bond donors (Lipinski definition) is 2. The number of carbonyl (C=O) groups excluding carboxylic acids is 2. The molecule has 0 spiro atoms. The van der Waals surface area contributed by atoms with E-state index < -0.39 is 12.0 Å². The molecule has 1 amide bonds. The second-order valence-corrected chi connectivity index (χ2v) is 4.71. The molecule has 1 aromatic heterocycles. The van der Waals surface area contributed by atoms with Crippen molar-refractivity contribution < 1.29 is 19.1 Å². The Balaban J connectivity index is 2.31. The number of amides is 1. The van der Waals surface area contributed by atoms with Crippen LogP contribution in [0, 0.1) is 0 Å². The third kappa shape index (κ3) is 3.34. The van der Waals surface area contributed by atoms with Crippen LogP contribution in [0.25, 0.3) is 10.9 Å². The number of H-pyrrole nitrogens is 1. The van der Waals surface area contributed by atoms with Crippen molar-refractivity contribution in [1.29, 1.82) is 0 Å². The van der Waals surface area contributed by atoms with Gasteiger partial charge in [0.1, 0.15) is 11.8 Å². The van der Waals surface area contributed by atoms with Crippen molar-refractivity contribution in [3.8, 4) is 5.75 Å². The lowest BCUT2D eigenvalue weighted by atomic mass is 10.0. The quantitative estimate of drug-likeness (QED) is 0.816. The van der Waals surface area contributed by atoms with Crippen LogP contribution in [0.1, 0.15) is 12.5 Å². The maximum absolute atomic E-state index is 11.8. The summed E-state index contributed by atoms with van der Waals surface area (Å²) in [5.41, 5.74) is 1.85. The number of esters is 1. The van der Waals surface area contributed by atoms with Gasteiger partial charge in [-0.1, -0.05) is 0 Å². The van der Waals surface area contributed by atoms with Gasteiger partial charge in [0.05, 0.1) is 14.2 Å². The molecule has 2 aromatic rings. The number of nitrogens with one attached hydrogen (secondary N) is 2. The van der Waals surface area contributed by atoms with E-state index in [1.807, 2.05) is 24.4 Å². The lowest BCUT2D eigenvalue weighted by Gasteiger charge is -2.15. The maximum atomic E-state index is 11.8. The maximum Gasteiger partial charge on any atom is 0.328 e. The summed E-state index contributed by atoms with van der Waals surface area (Å²) in [6, 6.07) is 4.94. The molecule has 2 rings (SSSR count). The van der Waals surface area contributed by atoms with E-state index in [2.05, 4.69) is 10.3 Å². The van der Waals surface area contributed by atoms with E-state index >= 15 is 0 Å². The minimum absolute atomic E-state index is 0.275. The fourth-order valence-electron chi connectivity index (χ4n) is 2.25. The fraction of sp³-hybridized carbons (Fsp3) is 0.333. The molecule has 0 aliphatic heterocycles. The minimum atomic E-state index is -0.710. The van der Waals surface area contributed by atoms with E-state index in [1.165, 1.54) is 14.0 Å². The zero-order valence-electron chi connectivity index (χ0n) is 12.2. The first-order valence-electron chi connectivity index (χ1n) is 6.54. The number of methoxy groups -OCH3 is 2. The summed E-state index contributed by atoms with van der Waals surface area (Å²) in [4.78, 5) is 26.1. The molecule has 0 aliphatic rings. The summed E-state index contributed by atoms with van der Waals surface area (Å²) in [6.07, 6.45) is 2.17. The van der Waals surface area contributed by atoms with E-state index in [9.17, 15) is 9.59 Å². The SMILES string of the molecule is COC(=O)[C@H](Cc1c[nH]c2ccc(OC)cc12)NC(C)=O. The molecule has 2 N–H and O–H groups in total. The molecular weight excluding hydrogens is 272 g/mol. The number of aromatic amines is 1. The Morgan fingerprint density at radius 1 is 1.33 bits per heavy atom. The second kappa shape index (κ2) is 6.30. The van der Waals surface area contributed by atoms with Crippen LogP contribution in [0.4, 0.5) is 0 Å². The topological polar surface area (TPSA) is 80.4 Å². The van der Waals surface area contributed by atoms with Crippen LogP contribution >= 0.6 is 0 Å². The highest BCUT2D eigenvalue weighted by Gasteiger charge is 2.22. The summed E-state index contributed by atoms with van der Waals surface area (Å²) in [5, 5.41) is 3.56. The average molecular weight is 290 g/mol. The lowest BCUT2D eigenvalue weighted by Crippen LogP contribution is -2.41. The van der Waals surface area contributed by atoms with Gasteiger partial charge in [-0.25, -0.2) is 4.79 Å². The smallest absolute Gasteiger partial charge is 0.328 e. The third-order valence-electron chi connectivity index (χ3n) is 3.26. The monoisotopic (exact) mass is 290 g/mol. The highest BCUT2D eigenvalue weighted by molar-refractivity contribution is 5.87. The van der Waals surface area contributed by atoms with E-state index in [0.717, 1.165) is 22.2 Å². The predicted molar refractivity (Wildman–Crippen MR) is 78.2 cm³/mol. The number of hydrogen-bond acceptors (Lipinski definition) is 4. The van der Waals surface area contributed by atoms with Crippen LogP contribution < -0.4 is 10.1 Å². The largest absolute Gasteiger partial charge is 0.497 e. The van der Waals surface area contributed by atoms with Crippen molar-refractivity contribution in [1.82, 2.24) is 10.3 Å². The number of fused-ring (bicyclic) bond motifs is 1. The van der Waals surface area contributed by atoms with Gasteiger partial charge in [-0.3, -0.25) is 4.79 Å². The molecule has 0 radical (unpaired) electrons. The van der Waals surface area contributed by atoms with E-state index in [0.29, 0.717) is 6.42 Å². The Bertz CT molecular complexity index is 663. The van der Waals surface area contributed by atoms with E-state index in [-0.39, 0.29) is 5.91 Å². The van der Waals surface area contributed by atoms with Crippen molar-refractivity contribution in [2.45, 2.75) is 19.4 Å². The van der Waals surface area contributed by atoms with Crippen LogP contribution in [0.2, 0.25) is 0 Å². The summed E-state index contributed by atoms with van der Waals surface area (Å²) in [7, 11) is 2.90. The Morgan fingerprint density at radius 2 is 2.10 bits per heavy atom. The zero-order valence-corrected chi connectivity index (χ0v) is 12.2. The van der Waals surface area contributed by atoms with Crippen molar-refractivity contribution in [2.75, 3.05) is 14.2 Å². The minimum Gasteiger partial charge on any atom is -0.497 e. The van der Waals surface area contributed by atoms with Crippen molar-refractivity contribution >= 4 is 22.8 Å². The van der Waals surface area contributed by atoms with E-state index in [4.69, 9.17) is 9.47 Å². The molecule has 6 heteroatoms. The first-order valence-corrected chi connectivity index (χ1v) is 6.54. The molecule has 0 aliphatic carbocycles. The molecule has 1 aromatic carbocycles. The van der Waals surface area contributed by atoms with Crippen molar-refractivity contribution in [3.63, 3.8) is 0 Å². The molecule has 21 heavy (non-hydrogen) atoms. The summed E-state index contributed by atoms with van der Waals surface area (Å²) < 4.78 is 9.94. The molecular formula is C15H18N2O4. The standard InChI is InChI=1S/C15H18N2O4/c1-9(18)17-14(15(19)21-3)6-10-8-16-13-5-4-11(20-2)7-12(10)13/h4-5,7-8,14,16H,6H2,1-3H3,(H,17,18)/t14-/m0/s1. The third-order valence-corrected chi connectivity index (χ3v) is 3.26. The van der Waals surface area contributed by atoms with Gasteiger partial charge in [0.15, 0.2) is 0 Å². The Morgan fingerprint density at radius 3 is 2.71 bits per heavy atom. The summed E-state index contributed by atoms with van der Waals surface area (Å²) in [5.74, 6) is -0.0113. The summed E-state index contributed by atoms with van der Waals surface area (Å²) >= 11 is 0. The van der Waals surface area contributed by atoms with Gasteiger partial charge in [0.2, 0.25) is 5.91 Å². The van der Waals surface area contributed by atoms with Gasteiger partial charge >= 0.3 is 5.97 Å². The van der Waals surface area contributed by atoms with Crippen molar-refractivity contribution in [3.05, 3.63) is 30.0 Å². The average Bonchev–Trinajstić information content (AvgIpc) is 2.87. The molecule has 6 nitrogen and oxygen atoms in total. The first-order chi connectivity index (χ1) is 10.0. The fourth-order valence-corrected chi connectivity index (χ4v) is 2.25. The van der Waals surface area contributed by atoms with Crippen LogP contribution in [0.15, 0.2) is 24.4 Å². The Kier molecular flexibility index (Phi) is 4.47. The van der Waals surface area contributed by atoms with Crippen molar-refractivity contribution in [2.24, 2.45) is 0 Å². The molecule has 112 valence electrons. The first kappa shape index (κ1) is 14.9. The van der Waals surface area contributed by atoms with Gasteiger partial charge in [-0.2, -0.15) is 0 Å².